The highest BCUT2D eigenvalue weighted by molar-refractivity contribution is 6.30. The third kappa shape index (κ3) is 5.23. The SMILES string of the molecule is CC(=O)N(CCC(=O)Nc1ccc(F)c(F)c1F)Cc1ccc(Cl)cc1. The van der Waals surface area contributed by atoms with Gasteiger partial charge in [0.2, 0.25) is 11.8 Å². The quantitative estimate of drug-likeness (QED) is 0.761. The largest absolute Gasteiger partial charge is 0.338 e. The number of nitrogens with one attached hydrogen (secondary N) is 1. The van der Waals surface area contributed by atoms with Crippen molar-refractivity contribution in [2.24, 2.45) is 0 Å². The molecular formula is C18H16ClF3N2O2. The lowest BCUT2D eigenvalue weighted by atomic mass is 10.2. The Kier molecular flexibility index (Phi) is 6.63. The van der Waals surface area contributed by atoms with Crippen molar-refractivity contribution in [3.8, 4) is 0 Å². The predicted molar refractivity (Wildman–Crippen MR) is 92.1 cm³/mol. The first-order chi connectivity index (χ1) is 12.3. The van der Waals surface area contributed by atoms with Crippen LogP contribution in [0.4, 0.5) is 18.9 Å². The van der Waals surface area contributed by atoms with E-state index >= 15 is 0 Å². The molecule has 8 heteroatoms. The van der Waals surface area contributed by atoms with Crippen LogP contribution >= 0.6 is 11.6 Å². The highest BCUT2D eigenvalue weighted by Crippen LogP contribution is 2.20. The number of carbonyl (C=O) groups is 2. The second-order valence-corrected chi connectivity index (χ2v) is 6.02. The van der Waals surface area contributed by atoms with Crippen LogP contribution in [0.1, 0.15) is 18.9 Å². The fourth-order valence-corrected chi connectivity index (χ4v) is 2.36. The summed E-state index contributed by atoms with van der Waals surface area (Å²) in [7, 11) is 0. The van der Waals surface area contributed by atoms with Crippen LogP contribution in [0.25, 0.3) is 0 Å². The first-order valence-corrected chi connectivity index (χ1v) is 8.09. The molecule has 2 rings (SSSR count). The van der Waals surface area contributed by atoms with Gasteiger partial charge >= 0.3 is 0 Å². The van der Waals surface area contributed by atoms with Gasteiger partial charge in [-0.15, -0.1) is 0 Å². The molecule has 0 unspecified atom stereocenters. The van der Waals surface area contributed by atoms with E-state index in [0.29, 0.717) is 5.02 Å². The number of rotatable bonds is 6. The number of benzene rings is 2. The molecule has 0 heterocycles. The molecule has 0 aliphatic rings. The summed E-state index contributed by atoms with van der Waals surface area (Å²) in [6.07, 6.45) is -0.133. The van der Waals surface area contributed by atoms with Crippen LogP contribution in [-0.2, 0) is 16.1 Å². The predicted octanol–water partition coefficient (Wildman–Crippen LogP) is 4.13. The average molecular weight is 385 g/mol. The summed E-state index contributed by atoms with van der Waals surface area (Å²) < 4.78 is 39.6. The minimum atomic E-state index is -1.66. The monoisotopic (exact) mass is 384 g/mol. The Morgan fingerprint density at radius 2 is 1.69 bits per heavy atom. The number of halogens is 4. The Morgan fingerprint density at radius 1 is 1.04 bits per heavy atom. The van der Waals surface area contributed by atoms with Crippen molar-refractivity contribution in [3.63, 3.8) is 0 Å². The van der Waals surface area contributed by atoms with E-state index in [0.717, 1.165) is 17.7 Å². The maximum absolute atomic E-state index is 13.6. The summed E-state index contributed by atoms with van der Waals surface area (Å²) in [5.41, 5.74) is 0.373. The molecular weight excluding hydrogens is 369 g/mol. The minimum absolute atomic E-state index is 0.0785. The van der Waals surface area contributed by atoms with Crippen molar-refractivity contribution in [1.82, 2.24) is 4.90 Å². The van der Waals surface area contributed by atoms with Crippen molar-refractivity contribution in [2.75, 3.05) is 11.9 Å². The number of hydrogen-bond donors (Lipinski definition) is 1. The smallest absolute Gasteiger partial charge is 0.226 e. The van der Waals surface area contributed by atoms with Crippen LogP contribution in [-0.4, -0.2) is 23.3 Å². The number of amides is 2. The summed E-state index contributed by atoms with van der Waals surface area (Å²) in [5, 5.41) is 2.73. The van der Waals surface area contributed by atoms with Crippen molar-refractivity contribution in [3.05, 3.63) is 64.4 Å². The van der Waals surface area contributed by atoms with Gasteiger partial charge in [-0.2, -0.15) is 0 Å². The molecule has 2 aromatic rings. The molecule has 0 atom stereocenters. The molecule has 26 heavy (non-hydrogen) atoms. The molecule has 0 aromatic heterocycles. The zero-order valence-electron chi connectivity index (χ0n) is 13.9. The van der Waals surface area contributed by atoms with E-state index < -0.39 is 29.0 Å². The molecule has 0 saturated heterocycles. The summed E-state index contributed by atoms with van der Waals surface area (Å²) in [4.78, 5) is 25.1. The summed E-state index contributed by atoms with van der Waals surface area (Å²) in [5.74, 6) is -5.34. The molecule has 2 amide bonds. The Hall–Kier alpha value is -2.54. The molecule has 0 aliphatic heterocycles. The number of anilines is 1. The van der Waals surface area contributed by atoms with Crippen LogP contribution in [0.2, 0.25) is 5.02 Å². The van der Waals surface area contributed by atoms with Gasteiger partial charge in [-0.1, -0.05) is 23.7 Å². The van der Waals surface area contributed by atoms with E-state index in [-0.39, 0.29) is 25.4 Å². The first kappa shape index (κ1) is 19.8. The molecule has 2 aromatic carbocycles. The Labute approximate surface area is 153 Å². The van der Waals surface area contributed by atoms with Crippen molar-refractivity contribution < 1.29 is 22.8 Å². The van der Waals surface area contributed by atoms with Crippen molar-refractivity contribution in [1.29, 1.82) is 0 Å². The van der Waals surface area contributed by atoms with E-state index in [1.54, 1.807) is 24.3 Å². The molecule has 1 N–H and O–H groups in total. The van der Waals surface area contributed by atoms with Gasteiger partial charge in [-0.05, 0) is 29.8 Å². The Morgan fingerprint density at radius 3 is 2.31 bits per heavy atom. The zero-order valence-corrected chi connectivity index (χ0v) is 14.6. The molecule has 138 valence electrons. The third-order valence-corrected chi connectivity index (χ3v) is 3.90. The van der Waals surface area contributed by atoms with Gasteiger partial charge < -0.3 is 10.2 Å². The fourth-order valence-electron chi connectivity index (χ4n) is 2.23. The van der Waals surface area contributed by atoms with Crippen LogP contribution < -0.4 is 5.32 Å². The standard InChI is InChI=1S/C18H16ClF3N2O2/c1-11(25)24(10-12-2-4-13(19)5-3-12)9-8-16(26)23-15-7-6-14(20)17(21)18(15)22/h2-7H,8-10H2,1H3,(H,23,26). The van der Waals surface area contributed by atoms with Crippen LogP contribution in [0.3, 0.4) is 0 Å². The van der Waals surface area contributed by atoms with Gasteiger partial charge in [-0.3, -0.25) is 9.59 Å². The summed E-state index contributed by atoms with van der Waals surface area (Å²) >= 11 is 5.81. The van der Waals surface area contributed by atoms with Gasteiger partial charge in [0.1, 0.15) is 0 Å². The zero-order chi connectivity index (χ0) is 19.3. The lowest BCUT2D eigenvalue weighted by Crippen LogP contribution is -2.31. The van der Waals surface area contributed by atoms with Crippen LogP contribution in [0.5, 0.6) is 0 Å². The summed E-state index contributed by atoms with van der Waals surface area (Å²) in [6.45, 7) is 1.72. The van der Waals surface area contributed by atoms with Crippen LogP contribution in [0.15, 0.2) is 36.4 Å². The molecule has 4 nitrogen and oxygen atoms in total. The first-order valence-electron chi connectivity index (χ1n) is 7.71. The van der Waals surface area contributed by atoms with Crippen LogP contribution in [0, 0.1) is 17.5 Å². The second-order valence-electron chi connectivity index (χ2n) is 5.59. The second kappa shape index (κ2) is 8.71. The topological polar surface area (TPSA) is 49.4 Å². The summed E-state index contributed by atoms with van der Waals surface area (Å²) in [6, 6.07) is 8.55. The maximum Gasteiger partial charge on any atom is 0.226 e. The number of hydrogen-bond acceptors (Lipinski definition) is 2. The van der Waals surface area contributed by atoms with E-state index in [4.69, 9.17) is 11.6 Å². The average Bonchev–Trinajstić information content (AvgIpc) is 2.60. The van der Waals surface area contributed by atoms with Gasteiger partial charge in [0, 0.05) is 31.5 Å². The maximum atomic E-state index is 13.6. The fraction of sp³-hybridized carbons (Fsp3) is 0.222. The lowest BCUT2D eigenvalue weighted by molar-refractivity contribution is -0.129. The van der Waals surface area contributed by atoms with Gasteiger partial charge in [0.05, 0.1) is 5.69 Å². The Bertz CT molecular complexity index is 813. The number of nitrogens with zero attached hydrogens (tertiary/aromatic N) is 1. The highest BCUT2D eigenvalue weighted by Gasteiger charge is 2.16. The van der Waals surface area contributed by atoms with Gasteiger partial charge in [-0.25, -0.2) is 13.2 Å². The molecule has 0 aliphatic carbocycles. The van der Waals surface area contributed by atoms with E-state index in [1.807, 2.05) is 0 Å². The number of carbonyl (C=O) groups excluding carboxylic acids is 2. The molecule has 0 fully saturated rings. The normalized spacial score (nSPS) is 10.5. The highest BCUT2D eigenvalue weighted by atomic mass is 35.5. The molecule has 0 radical (unpaired) electrons. The molecule has 0 spiro atoms. The third-order valence-electron chi connectivity index (χ3n) is 3.65. The van der Waals surface area contributed by atoms with E-state index in [2.05, 4.69) is 5.32 Å². The van der Waals surface area contributed by atoms with E-state index in [9.17, 15) is 22.8 Å². The molecule has 0 bridgehead atoms. The van der Waals surface area contributed by atoms with E-state index in [1.165, 1.54) is 11.8 Å². The van der Waals surface area contributed by atoms with Gasteiger partial charge in [0.25, 0.3) is 0 Å². The molecule has 0 saturated carbocycles. The lowest BCUT2D eigenvalue weighted by Gasteiger charge is -2.21. The van der Waals surface area contributed by atoms with Crippen molar-refractivity contribution >= 4 is 29.1 Å². The van der Waals surface area contributed by atoms with Gasteiger partial charge in [0.15, 0.2) is 17.5 Å². The minimum Gasteiger partial charge on any atom is -0.338 e. The Balaban J connectivity index is 1.96. The van der Waals surface area contributed by atoms with Crippen molar-refractivity contribution in [2.45, 2.75) is 19.9 Å².